The standard InChI is InChI=1S/C18H30N4O2/c1-5-22(6-2)13-12-19-17(23)16(14(3)4)21-18(24)20-15-10-8-7-9-11-15/h7-11,14,16H,5-6,12-13H2,1-4H3,(H,19,23)(H2,20,21,24). The summed E-state index contributed by atoms with van der Waals surface area (Å²) in [7, 11) is 0. The van der Waals surface area contributed by atoms with Crippen molar-refractivity contribution >= 4 is 17.6 Å². The number of urea groups is 1. The van der Waals surface area contributed by atoms with Crippen molar-refractivity contribution in [2.75, 3.05) is 31.5 Å². The molecule has 1 aromatic carbocycles. The lowest BCUT2D eigenvalue weighted by Gasteiger charge is -2.23. The zero-order valence-electron chi connectivity index (χ0n) is 15.1. The fourth-order valence-electron chi connectivity index (χ4n) is 2.35. The second kappa shape index (κ2) is 10.6. The van der Waals surface area contributed by atoms with Gasteiger partial charge in [0.1, 0.15) is 6.04 Å². The van der Waals surface area contributed by atoms with E-state index < -0.39 is 6.04 Å². The van der Waals surface area contributed by atoms with Gasteiger partial charge in [0, 0.05) is 18.8 Å². The molecule has 0 aliphatic heterocycles. The summed E-state index contributed by atoms with van der Waals surface area (Å²) in [6, 6.07) is 8.22. The van der Waals surface area contributed by atoms with E-state index in [0.717, 1.165) is 19.6 Å². The van der Waals surface area contributed by atoms with E-state index in [9.17, 15) is 9.59 Å². The largest absolute Gasteiger partial charge is 0.353 e. The van der Waals surface area contributed by atoms with Gasteiger partial charge in [0.2, 0.25) is 5.91 Å². The molecule has 1 unspecified atom stereocenters. The van der Waals surface area contributed by atoms with Gasteiger partial charge in [-0.15, -0.1) is 0 Å². The van der Waals surface area contributed by atoms with Crippen molar-refractivity contribution in [1.29, 1.82) is 0 Å². The second-order valence-corrected chi connectivity index (χ2v) is 6.00. The minimum atomic E-state index is -0.564. The Balaban J connectivity index is 2.50. The molecule has 3 N–H and O–H groups in total. The molecule has 0 spiro atoms. The zero-order chi connectivity index (χ0) is 17.9. The summed E-state index contributed by atoms with van der Waals surface area (Å²) in [4.78, 5) is 26.7. The van der Waals surface area contributed by atoms with Crippen LogP contribution in [-0.4, -0.2) is 49.1 Å². The van der Waals surface area contributed by atoms with Crippen molar-refractivity contribution in [3.63, 3.8) is 0 Å². The molecule has 6 nitrogen and oxygen atoms in total. The van der Waals surface area contributed by atoms with Gasteiger partial charge in [-0.1, -0.05) is 45.9 Å². The molecular formula is C18H30N4O2. The molecule has 0 radical (unpaired) electrons. The van der Waals surface area contributed by atoms with Crippen LogP contribution in [0.1, 0.15) is 27.7 Å². The number of hydrogen-bond donors (Lipinski definition) is 3. The summed E-state index contributed by atoms with van der Waals surface area (Å²) in [5.41, 5.74) is 0.694. The molecule has 1 rings (SSSR count). The molecule has 134 valence electrons. The van der Waals surface area contributed by atoms with Gasteiger partial charge in [-0.2, -0.15) is 0 Å². The molecule has 3 amide bonds. The second-order valence-electron chi connectivity index (χ2n) is 6.00. The molecule has 1 atom stereocenters. The number of nitrogens with zero attached hydrogens (tertiary/aromatic N) is 1. The van der Waals surface area contributed by atoms with Gasteiger partial charge < -0.3 is 20.9 Å². The number of benzene rings is 1. The number of likely N-dealkylation sites (N-methyl/N-ethyl adjacent to an activating group) is 1. The Morgan fingerprint density at radius 2 is 1.71 bits per heavy atom. The van der Waals surface area contributed by atoms with E-state index >= 15 is 0 Å². The Labute approximate surface area is 145 Å². The summed E-state index contributed by atoms with van der Waals surface area (Å²) >= 11 is 0. The minimum Gasteiger partial charge on any atom is -0.353 e. The van der Waals surface area contributed by atoms with E-state index in [4.69, 9.17) is 0 Å². The Bertz CT molecular complexity index is 501. The monoisotopic (exact) mass is 334 g/mol. The first-order chi connectivity index (χ1) is 11.5. The van der Waals surface area contributed by atoms with Crippen LogP contribution < -0.4 is 16.0 Å². The Morgan fingerprint density at radius 1 is 1.08 bits per heavy atom. The summed E-state index contributed by atoms with van der Waals surface area (Å²) < 4.78 is 0. The first kappa shape index (κ1) is 20.0. The maximum atomic E-state index is 12.4. The summed E-state index contributed by atoms with van der Waals surface area (Å²) in [6.45, 7) is 11.3. The van der Waals surface area contributed by atoms with Crippen LogP contribution in [0.25, 0.3) is 0 Å². The molecule has 6 heteroatoms. The fourth-order valence-corrected chi connectivity index (χ4v) is 2.35. The number of nitrogens with one attached hydrogen (secondary N) is 3. The third-order valence-corrected chi connectivity index (χ3v) is 3.89. The van der Waals surface area contributed by atoms with E-state index in [1.165, 1.54) is 0 Å². The molecule has 0 bridgehead atoms. The molecule has 0 saturated carbocycles. The van der Waals surface area contributed by atoms with Crippen LogP contribution in [0.5, 0.6) is 0 Å². The highest BCUT2D eigenvalue weighted by Gasteiger charge is 2.23. The quantitative estimate of drug-likeness (QED) is 0.649. The van der Waals surface area contributed by atoms with E-state index in [-0.39, 0.29) is 17.9 Å². The van der Waals surface area contributed by atoms with Crippen molar-refractivity contribution in [2.24, 2.45) is 5.92 Å². The molecule has 0 aliphatic rings. The van der Waals surface area contributed by atoms with E-state index in [0.29, 0.717) is 12.2 Å². The number of carbonyl (C=O) groups is 2. The van der Waals surface area contributed by atoms with E-state index in [1.807, 2.05) is 32.0 Å². The number of para-hydroxylation sites is 1. The highest BCUT2D eigenvalue weighted by Crippen LogP contribution is 2.06. The maximum absolute atomic E-state index is 12.4. The van der Waals surface area contributed by atoms with Crippen molar-refractivity contribution in [3.05, 3.63) is 30.3 Å². The van der Waals surface area contributed by atoms with Crippen molar-refractivity contribution in [1.82, 2.24) is 15.5 Å². The summed E-state index contributed by atoms with van der Waals surface area (Å²) in [5.74, 6) is -0.152. The van der Waals surface area contributed by atoms with Crippen LogP contribution in [0, 0.1) is 5.92 Å². The lowest BCUT2D eigenvalue weighted by atomic mass is 10.0. The molecule has 0 fully saturated rings. The average Bonchev–Trinajstić information content (AvgIpc) is 2.57. The van der Waals surface area contributed by atoms with E-state index in [1.54, 1.807) is 12.1 Å². The third kappa shape index (κ3) is 7.00. The third-order valence-electron chi connectivity index (χ3n) is 3.89. The van der Waals surface area contributed by atoms with Crippen LogP contribution in [-0.2, 0) is 4.79 Å². The summed E-state index contributed by atoms with van der Waals surface area (Å²) in [6.07, 6.45) is 0. The van der Waals surface area contributed by atoms with Gasteiger partial charge in [-0.25, -0.2) is 4.79 Å². The van der Waals surface area contributed by atoms with Gasteiger partial charge in [-0.05, 0) is 31.1 Å². The van der Waals surface area contributed by atoms with Crippen LogP contribution in [0.3, 0.4) is 0 Å². The van der Waals surface area contributed by atoms with Crippen molar-refractivity contribution in [3.8, 4) is 0 Å². The minimum absolute atomic E-state index is 0.0000216. The maximum Gasteiger partial charge on any atom is 0.319 e. The molecule has 0 aliphatic carbocycles. The molecule has 24 heavy (non-hydrogen) atoms. The zero-order valence-corrected chi connectivity index (χ0v) is 15.1. The SMILES string of the molecule is CCN(CC)CCNC(=O)C(NC(=O)Nc1ccccc1)C(C)C. The van der Waals surface area contributed by atoms with Gasteiger partial charge in [0.05, 0.1) is 0 Å². The smallest absolute Gasteiger partial charge is 0.319 e. The van der Waals surface area contributed by atoms with Gasteiger partial charge in [0.15, 0.2) is 0 Å². The van der Waals surface area contributed by atoms with Crippen LogP contribution in [0.15, 0.2) is 30.3 Å². The average molecular weight is 334 g/mol. The van der Waals surface area contributed by atoms with Crippen LogP contribution in [0.4, 0.5) is 10.5 Å². The Kier molecular flexibility index (Phi) is 8.86. The van der Waals surface area contributed by atoms with Gasteiger partial charge in [0.25, 0.3) is 0 Å². The Hall–Kier alpha value is -2.08. The predicted molar refractivity (Wildman–Crippen MR) is 98.0 cm³/mol. The highest BCUT2D eigenvalue weighted by molar-refractivity contribution is 5.93. The molecule has 0 saturated heterocycles. The number of hydrogen-bond acceptors (Lipinski definition) is 3. The Morgan fingerprint density at radius 3 is 2.25 bits per heavy atom. The number of rotatable bonds is 9. The molecule has 1 aromatic rings. The van der Waals surface area contributed by atoms with Crippen LogP contribution >= 0.6 is 0 Å². The predicted octanol–water partition coefficient (Wildman–Crippen LogP) is 2.29. The first-order valence-electron chi connectivity index (χ1n) is 8.60. The van der Waals surface area contributed by atoms with Crippen molar-refractivity contribution in [2.45, 2.75) is 33.7 Å². The molecular weight excluding hydrogens is 304 g/mol. The number of carbonyl (C=O) groups excluding carboxylic acids is 2. The van der Waals surface area contributed by atoms with Crippen molar-refractivity contribution < 1.29 is 9.59 Å². The van der Waals surface area contributed by atoms with E-state index in [2.05, 4.69) is 34.7 Å². The van der Waals surface area contributed by atoms with Gasteiger partial charge >= 0.3 is 6.03 Å². The number of amides is 3. The molecule has 0 aromatic heterocycles. The lowest BCUT2D eigenvalue weighted by Crippen LogP contribution is -2.51. The topological polar surface area (TPSA) is 73.5 Å². The number of anilines is 1. The normalized spacial score (nSPS) is 12.1. The molecule has 0 heterocycles. The van der Waals surface area contributed by atoms with Crippen LogP contribution in [0.2, 0.25) is 0 Å². The lowest BCUT2D eigenvalue weighted by molar-refractivity contribution is -0.123. The fraction of sp³-hybridized carbons (Fsp3) is 0.556. The van der Waals surface area contributed by atoms with Gasteiger partial charge in [-0.3, -0.25) is 4.79 Å². The summed E-state index contributed by atoms with van der Waals surface area (Å²) in [5, 5.41) is 8.40. The highest BCUT2D eigenvalue weighted by atomic mass is 16.2. The first-order valence-corrected chi connectivity index (χ1v) is 8.60.